The fourth-order valence-electron chi connectivity index (χ4n) is 3.96. The molecule has 0 aliphatic rings. The lowest BCUT2D eigenvalue weighted by Crippen LogP contribution is -2.38. The highest BCUT2D eigenvalue weighted by atomic mass is 32.2. The summed E-state index contributed by atoms with van der Waals surface area (Å²) in [6.45, 7) is 4.98. The number of hydrogen-bond acceptors (Lipinski definition) is 5. The van der Waals surface area contributed by atoms with Gasteiger partial charge in [-0.2, -0.15) is 0 Å². The number of sulfonamides is 2. The molecule has 0 spiro atoms. The monoisotopic (exact) mass is 563 g/mol. The molecule has 0 unspecified atom stereocenters. The van der Waals surface area contributed by atoms with E-state index in [1.807, 2.05) is 26.0 Å². The highest BCUT2D eigenvalue weighted by Crippen LogP contribution is 2.27. The van der Waals surface area contributed by atoms with E-state index in [0.717, 1.165) is 15.4 Å². The van der Waals surface area contributed by atoms with Gasteiger partial charge in [0.1, 0.15) is 6.54 Å². The minimum Gasteiger partial charge on any atom is -0.325 e. The second kappa shape index (κ2) is 11.3. The first-order valence-corrected chi connectivity index (χ1v) is 15.0. The van der Waals surface area contributed by atoms with Gasteiger partial charge in [0, 0.05) is 5.69 Å². The highest BCUT2D eigenvalue weighted by molar-refractivity contribution is 7.93. The topological polar surface area (TPSA) is 113 Å². The highest BCUT2D eigenvalue weighted by Gasteiger charge is 2.28. The van der Waals surface area contributed by atoms with Crippen molar-refractivity contribution in [2.24, 2.45) is 0 Å². The maximum absolute atomic E-state index is 13.5. The summed E-state index contributed by atoms with van der Waals surface area (Å²) in [7, 11) is -7.90. The Hall–Kier alpha value is -4.15. The van der Waals surface area contributed by atoms with Crippen molar-refractivity contribution in [3.8, 4) is 0 Å². The Morgan fingerprint density at radius 1 is 0.718 bits per heavy atom. The quantitative estimate of drug-likeness (QED) is 0.289. The lowest BCUT2D eigenvalue weighted by atomic mass is 10.1. The first kappa shape index (κ1) is 27.9. The van der Waals surface area contributed by atoms with Gasteiger partial charge in [0.05, 0.1) is 21.2 Å². The van der Waals surface area contributed by atoms with Gasteiger partial charge in [-0.1, -0.05) is 48.5 Å². The van der Waals surface area contributed by atoms with E-state index in [9.17, 15) is 21.6 Å². The van der Waals surface area contributed by atoms with Gasteiger partial charge in [-0.05, 0) is 86.0 Å². The van der Waals surface area contributed by atoms with Crippen LogP contribution < -0.4 is 14.3 Å². The molecule has 0 aliphatic carbocycles. The van der Waals surface area contributed by atoms with Gasteiger partial charge in [0.2, 0.25) is 5.91 Å². The van der Waals surface area contributed by atoms with E-state index in [1.165, 1.54) is 36.4 Å². The maximum Gasteiger partial charge on any atom is 0.264 e. The zero-order valence-corrected chi connectivity index (χ0v) is 23.4. The number of rotatable bonds is 9. The lowest BCUT2D eigenvalue weighted by molar-refractivity contribution is -0.114. The molecule has 0 aliphatic heterocycles. The first-order chi connectivity index (χ1) is 18.5. The van der Waals surface area contributed by atoms with Crippen molar-refractivity contribution in [1.29, 1.82) is 0 Å². The molecule has 39 heavy (non-hydrogen) atoms. The van der Waals surface area contributed by atoms with Gasteiger partial charge in [-0.25, -0.2) is 16.8 Å². The van der Waals surface area contributed by atoms with E-state index in [4.69, 9.17) is 0 Å². The summed E-state index contributed by atoms with van der Waals surface area (Å²) in [6, 6.07) is 26.0. The molecule has 202 valence electrons. The number of nitrogens with one attached hydrogen (secondary N) is 2. The van der Waals surface area contributed by atoms with E-state index in [0.29, 0.717) is 22.6 Å². The number of amides is 1. The van der Waals surface area contributed by atoms with Gasteiger partial charge in [-0.3, -0.25) is 13.8 Å². The van der Waals surface area contributed by atoms with Crippen LogP contribution in [0.5, 0.6) is 0 Å². The molecule has 0 fully saturated rings. The number of hydrogen-bond donors (Lipinski definition) is 2. The van der Waals surface area contributed by atoms with Crippen LogP contribution in [-0.4, -0.2) is 29.3 Å². The molecule has 10 heteroatoms. The van der Waals surface area contributed by atoms with E-state index < -0.39 is 32.5 Å². The van der Waals surface area contributed by atoms with Crippen LogP contribution in [0, 0.1) is 20.8 Å². The molecular weight excluding hydrogens is 534 g/mol. The van der Waals surface area contributed by atoms with Crippen molar-refractivity contribution in [3.05, 3.63) is 114 Å². The number of anilines is 3. The summed E-state index contributed by atoms with van der Waals surface area (Å²) in [4.78, 5) is 13.1. The summed E-state index contributed by atoms with van der Waals surface area (Å²) in [5.41, 5.74) is 3.60. The Bertz CT molecular complexity index is 1700. The van der Waals surface area contributed by atoms with Crippen LogP contribution >= 0.6 is 0 Å². The van der Waals surface area contributed by atoms with Crippen molar-refractivity contribution < 1.29 is 21.6 Å². The number of carbonyl (C=O) groups is 1. The van der Waals surface area contributed by atoms with Crippen LogP contribution in [-0.2, 0) is 24.8 Å². The first-order valence-electron chi connectivity index (χ1n) is 12.1. The van der Waals surface area contributed by atoms with Gasteiger partial charge >= 0.3 is 0 Å². The Balaban J connectivity index is 1.54. The number of aryl methyl sites for hydroxylation is 3. The van der Waals surface area contributed by atoms with Crippen molar-refractivity contribution in [2.75, 3.05) is 20.9 Å². The van der Waals surface area contributed by atoms with Crippen LogP contribution in [0.3, 0.4) is 0 Å². The molecular formula is C29H29N3O5S2. The molecule has 4 aromatic carbocycles. The summed E-state index contributed by atoms with van der Waals surface area (Å²) < 4.78 is 56.5. The average Bonchev–Trinajstić information content (AvgIpc) is 2.90. The predicted molar refractivity (Wildman–Crippen MR) is 154 cm³/mol. The van der Waals surface area contributed by atoms with Crippen LogP contribution in [0.25, 0.3) is 0 Å². The smallest absolute Gasteiger partial charge is 0.264 e. The van der Waals surface area contributed by atoms with Crippen LogP contribution in [0.15, 0.2) is 107 Å². The molecule has 0 bridgehead atoms. The Labute approximate surface area is 229 Å². The summed E-state index contributed by atoms with van der Waals surface area (Å²) in [6.07, 6.45) is 0. The van der Waals surface area contributed by atoms with Gasteiger partial charge in [0.25, 0.3) is 20.0 Å². The molecule has 0 atom stereocenters. The molecule has 1 amide bonds. The van der Waals surface area contributed by atoms with Crippen LogP contribution in [0.4, 0.5) is 17.1 Å². The molecule has 4 aromatic rings. The van der Waals surface area contributed by atoms with Gasteiger partial charge in [-0.15, -0.1) is 0 Å². The number of benzene rings is 4. The Morgan fingerprint density at radius 3 is 2.03 bits per heavy atom. The molecule has 0 heterocycles. The third-order valence-corrected chi connectivity index (χ3v) is 9.24. The molecule has 8 nitrogen and oxygen atoms in total. The number of nitrogens with zero attached hydrogens (tertiary/aromatic N) is 1. The molecule has 0 saturated heterocycles. The summed E-state index contributed by atoms with van der Waals surface area (Å²) in [5.74, 6) is -0.582. The third kappa shape index (κ3) is 6.47. The lowest BCUT2D eigenvalue weighted by Gasteiger charge is -2.25. The summed E-state index contributed by atoms with van der Waals surface area (Å²) in [5, 5.41) is 2.67. The number of para-hydroxylation sites is 1. The second-order valence-corrected chi connectivity index (χ2v) is 12.7. The SMILES string of the molecule is Cc1ccc(C)c(NS(=O)(=O)c2ccc(NC(=O)CN(c3ccccc3C)S(=O)(=O)c3ccccc3)cc2)c1. The molecule has 0 aromatic heterocycles. The van der Waals surface area contributed by atoms with E-state index in [-0.39, 0.29) is 9.79 Å². The maximum atomic E-state index is 13.5. The largest absolute Gasteiger partial charge is 0.325 e. The van der Waals surface area contributed by atoms with Crippen molar-refractivity contribution in [1.82, 2.24) is 0 Å². The second-order valence-electron chi connectivity index (χ2n) is 9.11. The number of carbonyl (C=O) groups excluding carboxylic acids is 1. The minimum absolute atomic E-state index is 0.0228. The Morgan fingerprint density at radius 2 is 1.36 bits per heavy atom. The molecule has 0 saturated carbocycles. The minimum atomic E-state index is -4.04. The van der Waals surface area contributed by atoms with Gasteiger partial charge < -0.3 is 5.32 Å². The fraction of sp³-hybridized carbons (Fsp3) is 0.138. The predicted octanol–water partition coefficient (Wildman–Crippen LogP) is 5.25. The normalized spacial score (nSPS) is 11.6. The van der Waals surface area contributed by atoms with E-state index in [1.54, 1.807) is 55.5 Å². The third-order valence-electron chi connectivity index (χ3n) is 6.09. The van der Waals surface area contributed by atoms with E-state index >= 15 is 0 Å². The zero-order valence-electron chi connectivity index (χ0n) is 21.7. The molecule has 0 radical (unpaired) electrons. The Kier molecular flexibility index (Phi) is 8.08. The van der Waals surface area contributed by atoms with Crippen molar-refractivity contribution in [2.45, 2.75) is 30.6 Å². The fourth-order valence-corrected chi connectivity index (χ4v) is 6.59. The molecule has 4 rings (SSSR count). The van der Waals surface area contributed by atoms with Gasteiger partial charge in [0.15, 0.2) is 0 Å². The summed E-state index contributed by atoms with van der Waals surface area (Å²) >= 11 is 0. The average molecular weight is 564 g/mol. The van der Waals surface area contributed by atoms with Crippen LogP contribution in [0.1, 0.15) is 16.7 Å². The zero-order chi connectivity index (χ0) is 28.2. The van der Waals surface area contributed by atoms with E-state index in [2.05, 4.69) is 10.0 Å². The van der Waals surface area contributed by atoms with Crippen molar-refractivity contribution in [3.63, 3.8) is 0 Å². The van der Waals surface area contributed by atoms with Crippen molar-refractivity contribution >= 4 is 43.0 Å². The molecule has 2 N–H and O–H groups in total. The standard InChI is InChI=1S/C29H29N3O5S2/c1-21-13-14-22(2)27(19-21)31-38(34,35)25-17-15-24(16-18-25)30-29(33)20-32(28-12-8-7-9-23(28)3)39(36,37)26-10-5-4-6-11-26/h4-19,31H,20H2,1-3H3,(H,30,33). The van der Waals surface area contributed by atoms with Crippen LogP contribution in [0.2, 0.25) is 0 Å².